The monoisotopic (exact) mass is 457 g/mol. The van der Waals surface area contributed by atoms with E-state index in [1.807, 2.05) is 52.1 Å². The number of aliphatic hydroxyl groups is 1. The van der Waals surface area contributed by atoms with Crippen LogP contribution in [-0.2, 0) is 14.3 Å². The van der Waals surface area contributed by atoms with E-state index in [2.05, 4.69) is 0 Å². The Labute approximate surface area is 193 Å². The number of carbonyl (C=O) groups is 2. The van der Waals surface area contributed by atoms with Crippen molar-refractivity contribution < 1.29 is 24.2 Å². The number of likely N-dealkylation sites (tertiary alicyclic amines) is 1. The number of thiophene rings is 1. The maximum absolute atomic E-state index is 13.0. The van der Waals surface area contributed by atoms with Gasteiger partial charge in [-0.25, -0.2) is 0 Å². The molecule has 1 amide bonds. The summed E-state index contributed by atoms with van der Waals surface area (Å²) in [5, 5.41) is 13.1. The lowest BCUT2D eigenvalue weighted by Crippen LogP contribution is -2.31. The molecular formula is C25H31NO5S. The van der Waals surface area contributed by atoms with Crippen molar-refractivity contribution in [3.05, 3.63) is 57.3 Å². The van der Waals surface area contributed by atoms with Gasteiger partial charge in [-0.3, -0.25) is 9.59 Å². The normalized spacial score (nSPS) is 18.2. The number of carbonyl (C=O) groups excluding carboxylic acids is 2. The Balaban J connectivity index is 1.97. The molecule has 0 radical (unpaired) electrons. The number of Topliss-reactive ketones (excluding diaryl/α,β-unsaturated/α-hetero) is 1. The summed E-state index contributed by atoms with van der Waals surface area (Å²) in [5.41, 5.74) is 1.45. The third-order valence-electron chi connectivity index (χ3n) is 5.16. The number of aliphatic hydroxyl groups excluding tert-OH is 1. The zero-order chi connectivity index (χ0) is 23.4. The zero-order valence-electron chi connectivity index (χ0n) is 19.3. The van der Waals surface area contributed by atoms with Gasteiger partial charge in [-0.1, -0.05) is 6.07 Å². The van der Waals surface area contributed by atoms with Gasteiger partial charge < -0.3 is 19.5 Å². The average Bonchev–Trinajstić information content (AvgIpc) is 3.34. The Bertz CT molecular complexity index is 994. The first kappa shape index (κ1) is 24.0. The number of benzene rings is 1. The quantitative estimate of drug-likeness (QED) is 0.246. The molecule has 2 heterocycles. The van der Waals surface area contributed by atoms with Gasteiger partial charge >= 0.3 is 0 Å². The van der Waals surface area contributed by atoms with Crippen molar-refractivity contribution in [2.45, 2.75) is 59.3 Å². The topological polar surface area (TPSA) is 76.1 Å². The molecule has 32 heavy (non-hydrogen) atoms. The maximum atomic E-state index is 13.0. The van der Waals surface area contributed by atoms with E-state index < -0.39 is 17.7 Å². The highest BCUT2D eigenvalue weighted by atomic mass is 32.1. The van der Waals surface area contributed by atoms with Crippen molar-refractivity contribution in [3.63, 3.8) is 0 Å². The molecule has 0 aliphatic carbocycles. The van der Waals surface area contributed by atoms with Crippen LogP contribution in [0.15, 0.2) is 41.3 Å². The van der Waals surface area contributed by atoms with Crippen molar-refractivity contribution in [2.24, 2.45) is 0 Å². The fourth-order valence-corrected chi connectivity index (χ4v) is 4.59. The zero-order valence-corrected chi connectivity index (χ0v) is 20.1. The lowest BCUT2D eigenvalue weighted by molar-refractivity contribution is -0.140. The highest BCUT2D eigenvalue weighted by Crippen LogP contribution is 2.41. The molecule has 1 aliphatic rings. The molecule has 6 nitrogen and oxygen atoms in total. The van der Waals surface area contributed by atoms with E-state index in [1.54, 1.807) is 23.1 Å². The van der Waals surface area contributed by atoms with Gasteiger partial charge in [-0.2, -0.15) is 0 Å². The van der Waals surface area contributed by atoms with Gasteiger partial charge in [0.25, 0.3) is 11.7 Å². The summed E-state index contributed by atoms with van der Waals surface area (Å²) < 4.78 is 11.4. The van der Waals surface area contributed by atoms with Gasteiger partial charge in [-0.05, 0) is 76.2 Å². The van der Waals surface area contributed by atoms with Crippen LogP contribution in [-0.4, -0.2) is 47.1 Å². The Hall–Kier alpha value is -2.64. The molecule has 1 aliphatic heterocycles. The molecule has 1 fully saturated rings. The summed E-state index contributed by atoms with van der Waals surface area (Å²) in [7, 11) is 0. The second-order valence-electron chi connectivity index (χ2n) is 8.43. The summed E-state index contributed by atoms with van der Waals surface area (Å²) in [6.45, 7) is 10.6. The number of hydrogen-bond donors (Lipinski definition) is 1. The minimum atomic E-state index is -0.661. The smallest absolute Gasteiger partial charge is 0.295 e. The predicted molar refractivity (Wildman–Crippen MR) is 126 cm³/mol. The van der Waals surface area contributed by atoms with Gasteiger partial charge in [0.2, 0.25) is 0 Å². The molecule has 1 unspecified atom stereocenters. The van der Waals surface area contributed by atoms with Crippen LogP contribution >= 0.6 is 11.3 Å². The second-order valence-corrected chi connectivity index (χ2v) is 9.41. The largest absolute Gasteiger partial charge is 0.507 e. The van der Waals surface area contributed by atoms with Crippen LogP contribution in [0.5, 0.6) is 5.75 Å². The molecule has 0 saturated carbocycles. The molecule has 7 heteroatoms. The predicted octanol–water partition coefficient (Wildman–Crippen LogP) is 5.08. The van der Waals surface area contributed by atoms with E-state index in [0.717, 1.165) is 16.2 Å². The summed E-state index contributed by atoms with van der Waals surface area (Å²) in [5.74, 6) is -0.698. The van der Waals surface area contributed by atoms with E-state index in [0.29, 0.717) is 25.1 Å². The average molecular weight is 458 g/mol. The van der Waals surface area contributed by atoms with Crippen LogP contribution in [0, 0.1) is 6.92 Å². The lowest BCUT2D eigenvalue weighted by atomic mass is 9.98. The van der Waals surface area contributed by atoms with Gasteiger partial charge in [0.1, 0.15) is 11.5 Å². The minimum absolute atomic E-state index is 0.0250. The highest BCUT2D eigenvalue weighted by molar-refractivity contribution is 7.10. The summed E-state index contributed by atoms with van der Waals surface area (Å²) >= 11 is 1.46. The second kappa shape index (κ2) is 10.3. The van der Waals surface area contributed by atoms with Crippen LogP contribution in [0.25, 0.3) is 5.76 Å². The Morgan fingerprint density at radius 2 is 1.91 bits per heavy atom. The van der Waals surface area contributed by atoms with Gasteiger partial charge in [0.15, 0.2) is 0 Å². The Morgan fingerprint density at radius 3 is 2.50 bits per heavy atom. The summed E-state index contributed by atoms with van der Waals surface area (Å²) in [4.78, 5) is 28.3. The number of nitrogens with zero attached hydrogens (tertiary/aromatic N) is 1. The SMILES string of the molecule is Cc1cc(/C(O)=C2/C(=O)C(=O)N(CCCOC(C)C)C2c2cccs2)ccc1OC(C)C. The molecule has 0 bridgehead atoms. The molecule has 1 N–H and O–H groups in total. The maximum Gasteiger partial charge on any atom is 0.295 e. The Morgan fingerprint density at radius 1 is 1.16 bits per heavy atom. The fourth-order valence-electron chi connectivity index (χ4n) is 3.75. The lowest BCUT2D eigenvalue weighted by Gasteiger charge is -2.24. The fraction of sp³-hybridized carbons (Fsp3) is 0.440. The van der Waals surface area contributed by atoms with Crippen molar-refractivity contribution in [1.29, 1.82) is 0 Å². The van der Waals surface area contributed by atoms with E-state index in [-0.39, 0.29) is 23.5 Å². The molecular weight excluding hydrogens is 426 g/mol. The Kier molecular flexibility index (Phi) is 7.74. The van der Waals surface area contributed by atoms with Gasteiger partial charge in [-0.15, -0.1) is 11.3 Å². The van der Waals surface area contributed by atoms with Crippen molar-refractivity contribution in [3.8, 4) is 5.75 Å². The number of amides is 1. The van der Waals surface area contributed by atoms with Crippen LogP contribution in [0.2, 0.25) is 0 Å². The molecule has 0 spiro atoms. The van der Waals surface area contributed by atoms with Crippen LogP contribution < -0.4 is 4.74 Å². The van der Waals surface area contributed by atoms with E-state index in [1.165, 1.54) is 11.3 Å². The van der Waals surface area contributed by atoms with Crippen molar-refractivity contribution in [2.75, 3.05) is 13.2 Å². The molecule has 1 aromatic heterocycles. The third-order valence-corrected chi connectivity index (χ3v) is 6.08. The van der Waals surface area contributed by atoms with E-state index in [4.69, 9.17) is 9.47 Å². The standard InChI is InChI=1S/C25H31NO5S/c1-15(2)30-12-7-11-26-22(20-8-6-13-32-20)21(24(28)25(26)29)23(27)18-9-10-19(17(5)14-18)31-16(3)4/h6,8-10,13-16,22,27H,7,11-12H2,1-5H3/b23-21-. The highest BCUT2D eigenvalue weighted by Gasteiger charge is 2.46. The van der Waals surface area contributed by atoms with Crippen LogP contribution in [0.3, 0.4) is 0 Å². The van der Waals surface area contributed by atoms with E-state index >= 15 is 0 Å². The van der Waals surface area contributed by atoms with Crippen LogP contribution in [0.1, 0.15) is 56.2 Å². The number of ether oxygens (including phenoxy) is 2. The summed E-state index contributed by atoms with van der Waals surface area (Å²) in [6.07, 6.45) is 0.731. The third kappa shape index (κ3) is 5.22. The van der Waals surface area contributed by atoms with E-state index in [9.17, 15) is 14.7 Å². The first-order chi connectivity index (χ1) is 15.2. The summed E-state index contributed by atoms with van der Waals surface area (Å²) in [6, 6.07) is 8.43. The molecule has 2 aromatic rings. The number of ketones is 1. The van der Waals surface area contributed by atoms with Gasteiger partial charge in [0.05, 0.1) is 23.8 Å². The first-order valence-electron chi connectivity index (χ1n) is 10.9. The minimum Gasteiger partial charge on any atom is -0.507 e. The molecule has 1 saturated heterocycles. The number of hydrogen-bond acceptors (Lipinski definition) is 6. The number of aryl methyl sites for hydroxylation is 1. The van der Waals surface area contributed by atoms with Crippen molar-refractivity contribution >= 4 is 28.8 Å². The first-order valence-corrected chi connectivity index (χ1v) is 11.8. The van der Waals surface area contributed by atoms with Gasteiger partial charge in [0, 0.05) is 23.6 Å². The van der Waals surface area contributed by atoms with Crippen LogP contribution in [0.4, 0.5) is 0 Å². The molecule has 1 aromatic carbocycles. The van der Waals surface area contributed by atoms with Crippen molar-refractivity contribution in [1.82, 2.24) is 4.90 Å². The molecule has 172 valence electrons. The number of rotatable bonds is 9. The molecule has 1 atom stereocenters. The molecule has 3 rings (SSSR count).